The van der Waals surface area contributed by atoms with Gasteiger partial charge in [0.15, 0.2) is 0 Å². The van der Waals surface area contributed by atoms with Crippen molar-refractivity contribution in [2.45, 2.75) is 26.3 Å². The van der Waals surface area contributed by atoms with Crippen molar-refractivity contribution in [1.82, 2.24) is 5.32 Å². The molecule has 0 aliphatic rings. The summed E-state index contributed by atoms with van der Waals surface area (Å²) in [5.41, 5.74) is 1.50. The molecule has 0 aliphatic heterocycles. The second-order valence-electron chi connectivity index (χ2n) is 5.06. The number of halogens is 3. The van der Waals surface area contributed by atoms with Gasteiger partial charge < -0.3 is 5.32 Å². The molecule has 0 aliphatic carbocycles. The zero-order valence-corrected chi connectivity index (χ0v) is 12.1. The molecule has 0 saturated carbocycles. The van der Waals surface area contributed by atoms with Crippen molar-refractivity contribution in [3.63, 3.8) is 0 Å². The highest BCUT2D eigenvalue weighted by Crippen LogP contribution is 2.27. The lowest BCUT2D eigenvalue weighted by Gasteiger charge is -2.21. The van der Waals surface area contributed by atoms with Crippen LogP contribution >= 0.6 is 0 Å². The van der Waals surface area contributed by atoms with Gasteiger partial charge in [-0.2, -0.15) is 0 Å². The van der Waals surface area contributed by atoms with Crippen molar-refractivity contribution < 1.29 is 13.2 Å². The SMILES string of the molecule is CCCNC(c1ccc(F)cc1)c1cc(C)c(F)cc1F. The Labute approximate surface area is 122 Å². The van der Waals surface area contributed by atoms with Gasteiger partial charge in [-0.25, -0.2) is 13.2 Å². The lowest BCUT2D eigenvalue weighted by Crippen LogP contribution is -2.24. The molecule has 0 radical (unpaired) electrons. The number of hydrogen-bond acceptors (Lipinski definition) is 1. The van der Waals surface area contributed by atoms with E-state index in [2.05, 4.69) is 5.32 Å². The third kappa shape index (κ3) is 3.64. The Kier molecular flexibility index (Phi) is 5.02. The highest BCUT2D eigenvalue weighted by Gasteiger charge is 2.19. The summed E-state index contributed by atoms with van der Waals surface area (Å²) in [5.74, 6) is -1.51. The van der Waals surface area contributed by atoms with Crippen molar-refractivity contribution in [3.8, 4) is 0 Å². The normalized spacial score (nSPS) is 12.4. The molecule has 21 heavy (non-hydrogen) atoms. The van der Waals surface area contributed by atoms with Crippen molar-refractivity contribution in [2.75, 3.05) is 6.54 Å². The molecule has 0 amide bonds. The molecular weight excluding hydrogens is 275 g/mol. The van der Waals surface area contributed by atoms with E-state index in [1.807, 2.05) is 6.92 Å². The second-order valence-corrected chi connectivity index (χ2v) is 5.06. The predicted octanol–water partition coefficient (Wildman–Crippen LogP) is 4.50. The standard InChI is InChI=1S/C17H18F3N/c1-3-8-21-17(12-4-6-13(18)7-5-12)14-9-11(2)15(19)10-16(14)20/h4-7,9-10,17,21H,3,8H2,1-2H3. The van der Waals surface area contributed by atoms with Crippen LogP contribution in [0.4, 0.5) is 13.2 Å². The average Bonchev–Trinajstić information content (AvgIpc) is 2.46. The summed E-state index contributed by atoms with van der Waals surface area (Å²) in [6.45, 7) is 4.28. The molecule has 1 atom stereocenters. The van der Waals surface area contributed by atoms with Crippen LogP contribution in [0.1, 0.15) is 36.1 Å². The molecule has 0 aromatic heterocycles. The van der Waals surface area contributed by atoms with Crippen LogP contribution in [0.2, 0.25) is 0 Å². The first-order valence-corrected chi connectivity index (χ1v) is 6.97. The highest BCUT2D eigenvalue weighted by atomic mass is 19.1. The number of rotatable bonds is 5. The fraction of sp³-hybridized carbons (Fsp3) is 0.294. The number of nitrogens with one attached hydrogen (secondary N) is 1. The molecule has 2 rings (SSSR count). The molecule has 0 spiro atoms. The van der Waals surface area contributed by atoms with Gasteiger partial charge in [0.1, 0.15) is 17.5 Å². The van der Waals surface area contributed by atoms with Gasteiger partial charge in [-0.1, -0.05) is 19.1 Å². The summed E-state index contributed by atoms with van der Waals surface area (Å²) in [6, 6.07) is 7.87. The van der Waals surface area contributed by atoms with Gasteiger partial charge in [0, 0.05) is 11.6 Å². The minimum atomic E-state index is -0.601. The van der Waals surface area contributed by atoms with Crippen LogP contribution in [-0.4, -0.2) is 6.54 Å². The first-order valence-electron chi connectivity index (χ1n) is 6.97. The quantitative estimate of drug-likeness (QED) is 0.855. The molecule has 0 fully saturated rings. The van der Waals surface area contributed by atoms with Crippen LogP contribution in [0.3, 0.4) is 0 Å². The largest absolute Gasteiger partial charge is 0.306 e. The zero-order chi connectivity index (χ0) is 15.4. The van der Waals surface area contributed by atoms with Crippen LogP contribution in [0, 0.1) is 24.4 Å². The topological polar surface area (TPSA) is 12.0 Å². The van der Waals surface area contributed by atoms with E-state index in [1.165, 1.54) is 18.2 Å². The molecule has 1 N–H and O–H groups in total. The highest BCUT2D eigenvalue weighted by molar-refractivity contribution is 5.35. The fourth-order valence-corrected chi connectivity index (χ4v) is 2.25. The van der Waals surface area contributed by atoms with Crippen molar-refractivity contribution in [3.05, 3.63) is 70.5 Å². The first-order chi connectivity index (χ1) is 10.0. The molecule has 1 nitrogen and oxygen atoms in total. The molecule has 4 heteroatoms. The third-order valence-electron chi connectivity index (χ3n) is 3.39. The van der Waals surface area contributed by atoms with E-state index in [0.717, 1.165) is 18.1 Å². The van der Waals surface area contributed by atoms with E-state index in [-0.39, 0.29) is 5.82 Å². The summed E-state index contributed by atoms with van der Waals surface area (Å²) in [4.78, 5) is 0. The van der Waals surface area contributed by atoms with E-state index in [4.69, 9.17) is 0 Å². The van der Waals surface area contributed by atoms with E-state index >= 15 is 0 Å². The zero-order valence-electron chi connectivity index (χ0n) is 12.1. The summed E-state index contributed by atoms with van der Waals surface area (Å²) >= 11 is 0. The first kappa shape index (κ1) is 15.6. The maximum Gasteiger partial charge on any atom is 0.131 e. The Morgan fingerprint density at radius 1 is 1.00 bits per heavy atom. The third-order valence-corrected chi connectivity index (χ3v) is 3.39. The fourth-order valence-electron chi connectivity index (χ4n) is 2.25. The van der Waals surface area contributed by atoms with Crippen LogP contribution in [0.25, 0.3) is 0 Å². The lowest BCUT2D eigenvalue weighted by atomic mass is 9.96. The average molecular weight is 293 g/mol. The van der Waals surface area contributed by atoms with Crippen LogP contribution in [-0.2, 0) is 0 Å². The minimum Gasteiger partial charge on any atom is -0.306 e. The van der Waals surface area contributed by atoms with Crippen molar-refractivity contribution >= 4 is 0 Å². The number of benzene rings is 2. The Hall–Kier alpha value is -1.81. The monoisotopic (exact) mass is 293 g/mol. The van der Waals surface area contributed by atoms with Gasteiger partial charge in [0.05, 0.1) is 6.04 Å². The Balaban J connectivity index is 2.45. The van der Waals surface area contributed by atoms with E-state index in [9.17, 15) is 13.2 Å². The summed E-state index contributed by atoms with van der Waals surface area (Å²) < 4.78 is 40.6. The molecular formula is C17H18F3N. The van der Waals surface area contributed by atoms with Crippen LogP contribution < -0.4 is 5.32 Å². The van der Waals surface area contributed by atoms with Crippen molar-refractivity contribution in [2.24, 2.45) is 0 Å². The molecule has 112 valence electrons. The van der Waals surface area contributed by atoms with Crippen molar-refractivity contribution in [1.29, 1.82) is 0 Å². The van der Waals surface area contributed by atoms with Gasteiger partial charge in [-0.05, 0) is 49.2 Å². The molecule has 2 aromatic rings. The van der Waals surface area contributed by atoms with Gasteiger partial charge in [0.2, 0.25) is 0 Å². The smallest absolute Gasteiger partial charge is 0.131 e. The molecule has 0 heterocycles. The molecule has 0 saturated heterocycles. The summed E-state index contributed by atoms with van der Waals surface area (Å²) in [6.07, 6.45) is 0.874. The minimum absolute atomic E-state index is 0.344. The maximum absolute atomic E-state index is 14.1. The van der Waals surface area contributed by atoms with E-state index < -0.39 is 17.7 Å². The van der Waals surface area contributed by atoms with Gasteiger partial charge in [-0.3, -0.25) is 0 Å². The van der Waals surface area contributed by atoms with E-state index in [0.29, 0.717) is 17.7 Å². The number of hydrogen-bond donors (Lipinski definition) is 1. The molecule has 2 aromatic carbocycles. The van der Waals surface area contributed by atoms with E-state index in [1.54, 1.807) is 19.1 Å². The summed E-state index contributed by atoms with van der Waals surface area (Å²) in [5, 5.41) is 3.22. The van der Waals surface area contributed by atoms with Gasteiger partial charge in [-0.15, -0.1) is 0 Å². The Morgan fingerprint density at radius 3 is 2.29 bits per heavy atom. The Morgan fingerprint density at radius 2 is 1.67 bits per heavy atom. The lowest BCUT2D eigenvalue weighted by molar-refractivity contribution is 0.529. The number of aryl methyl sites for hydroxylation is 1. The van der Waals surface area contributed by atoms with Crippen LogP contribution in [0.5, 0.6) is 0 Å². The van der Waals surface area contributed by atoms with Gasteiger partial charge in [0.25, 0.3) is 0 Å². The summed E-state index contributed by atoms with van der Waals surface area (Å²) in [7, 11) is 0. The molecule has 0 bridgehead atoms. The van der Waals surface area contributed by atoms with Crippen LogP contribution in [0.15, 0.2) is 36.4 Å². The second kappa shape index (κ2) is 6.76. The maximum atomic E-state index is 14.1. The molecule has 1 unspecified atom stereocenters. The predicted molar refractivity (Wildman–Crippen MR) is 77.6 cm³/mol. The Bertz CT molecular complexity index is 608. The van der Waals surface area contributed by atoms with Gasteiger partial charge >= 0.3 is 0 Å².